The SMILES string of the molecule is O=C(O)c1ccc(C2(NC(=O)c3cc(Cl)cnc3N3CC(Oc4ccc(F)cc4F)C3)CC2)cc1.O=C(O)c1ccc(C2(NC(=O)c3cc(Cl)cnc3N3CC(Oc4cccc(OC(F)(F)F)c4)C3)CC2)cc1. The number of pyridine rings is 2. The van der Waals surface area contributed by atoms with Crippen molar-refractivity contribution in [2.45, 2.75) is 55.3 Å². The van der Waals surface area contributed by atoms with Crippen LogP contribution >= 0.6 is 23.2 Å². The second-order valence-electron chi connectivity index (χ2n) is 17.8. The van der Waals surface area contributed by atoms with E-state index in [9.17, 15) is 41.1 Å². The molecule has 4 aromatic carbocycles. The van der Waals surface area contributed by atoms with E-state index in [1.165, 1.54) is 73.1 Å². The lowest BCUT2D eigenvalue weighted by Crippen LogP contribution is -2.55. The summed E-state index contributed by atoms with van der Waals surface area (Å²) >= 11 is 12.3. The molecular weight excluding hydrogens is 1010 g/mol. The maximum absolute atomic E-state index is 13.9. The van der Waals surface area contributed by atoms with Crippen LogP contribution in [-0.2, 0) is 11.1 Å². The van der Waals surface area contributed by atoms with Crippen LogP contribution in [0.1, 0.15) is 78.2 Å². The normalized spacial score (nSPS) is 16.4. The molecule has 73 heavy (non-hydrogen) atoms. The highest BCUT2D eigenvalue weighted by Crippen LogP contribution is 2.47. The minimum atomic E-state index is -4.80. The summed E-state index contributed by atoms with van der Waals surface area (Å²) in [5, 5.41) is 24.9. The second kappa shape index (κ2) is 20.1. The van der Waals surface area contributed by atoms with Crippen molar-refractivity contribution in [3.63, 3.8) is 0 Å². The Hall–Kier alpha value is -7.71. The van der Waals surface area contributed by atoms with E-state index >= 15 is 0 Å². The van der Waals surface area contributed by atoms with Crippen molar-refractivity contribution in [1.82, 2.24) is 20.6 Å². The lowest BCUT2D eigenvalue weighted by Gasteiger charge is -2.40. The molecule has 2 saturated carbocycles. The van der Waals surface area contributed by atoms with Crippen LogP contribution in [0.2, 0.25) is 10.0 Å². The molecule has 0 unspecified atom stereocenters. The highest BCUT2D eigenvalue weighted by atomic mass is 35.5. The summed E-state index contributed by atoms with van der Waals surface area (Å²) in [6.45, 7) is 1.41. The van der Waals surface area contributed by atoms with Gasteiger partial charge in [0.25, 0.3) is 11.8 Å². The number of carbonyl (C=O) groups excluding carboxylic acids is 2. The number of amides is 2. The molecule has 4 heterocycles. The molecule has 0 bridgehead atoms. The number of nitrogens with zero attached hydrogens (tertiary/aromatic N) is 4. The smallest absolute Gasteiger partial charge is 0.487 e. The topological polar surface area (TPSA) is 193 Å². The fourth-order valence-electron chi connectivity index (χ4n) is 8.42. The maximum Gasteiger partial charge on any atom is 0.573 e. The molecule has 4 fully saturated rings. The molecule has 0 atom stereocenters. The zero-order valence-electron chi connectivity index (χ0n) is 38.0. The summed E-state index contributed by atoms with van der Waals surface area (Å²) in [5.74, 6) is -3.61. The van der Waals surface area contributed by atoms with E-state index in [0.29, 0.717) is 55.7 Å². The number of rotatable bonds is 15. The van der Waals surface area contributed by atoms with E-state index < -0.39 is 41.0 Å². The molecule has 4 N–H and O–H groups in total. The van der Waals surface area contributed by atoms with E-state index in [2.05, 4.69) is 25.3 Å². The van der Waals surface area contributed by atoms with Crippen LogP contribution in [0, 0.1) is 11.6 Å². The largest absolute Gasteiger partial charge is 0.573 e. The van der Waals surface area contributed by atoms with E-state index in [0.717, 1.165) is 42.2 Å². The molecular formula is C51H41Cl2F5N6O9. The lowest BCUT2D eigenvalue weighted by atomic mass is 10.0. The van der Waals surface area contributed by atoms with Crippen molar-refractivity contribution in [3.05, 3.63) is 171 Å². The van der Waals surface area contributed by atoms with Crippen LogP contribution in [0.4, 0.5) is 33.6 Å². The van der Waals surface area contributed by atoms with Crippen molar-refractivity contribution in [2.24, 2.45) is 0 Å². The monoisotopic (exact) mass is 1050 g/mol. The predicted molar refractivity (Wildman–Crippen MR) is 255 cm³/mol. The number of carbonyl (C=O) groups is 4. The molecule has 0 radical (unpaired) electrons. The van der Waals surface area contributed by atoms with E-state index in [1.54, 1.807) is 24.3 Å². The molecule has 2 aromatic heterocycles. The molecule has 2 aliphatic carbocycles. The minimum Gasteiger partial charge on any atom is -0.487 e. The standard InChI is InChI=1S/C26H21ClF3N3O5.C25H20ClF2N3O4/c27-17-10-21(23(34)32-25(8-9-25)16-6-4-15(5-7-16)24(35)36)22(31-12-17)33-13-20(14-33)37-18-2-1-3-19(11-18)38-26(28,29)30;26-16-9-19(23(32)30-25(7-8-25)15-3-1-14(2-4-15)24(33)34)22(29-11-16)31-12-18(13-31)35-21-6-5-17(27)10-20(21)28/h1-7,10-12,20H,8-9,13-14H2,(H,32,34)(H,35,36);1-6,9-11,18H,7-8,12-13H2,(H,30,32)(H,33,34). The molecule has 2 saturated heterocycles. The number of alkyl halides is 3. The van der Waals surface area contributed by atoms with Crippen LogP contribution in [0.3, 0.4) is 0 Å². The van der Waals surface area contributed by atoms with Crippen molar-refractivity contribution in [2.75, 3.05) is 36.0 Å². The number of hydrogen-bond acceptors (Lipinski definition) is 11. The Bertz CT molecular complexity index is 3090. The quantitative estimate of drug-likeness (QED) is 0.0712. The van der Waals surface area contributed by atoms with Gasteiger partial charge in [0.15, 0.2) is 11.6 Å². The number of nitrogens with one attached hydrogen (secondary N) is 2. The molecule has 22 heteroatoms. The third-order valence-electron chi connectivity index (χ3n) is 12.6. The van der Waals surface area contributed by atoms with Gasteiger partial charge in [-0.15, -0.1) is 13.2 Å². The van der Waals surface area contributed by atoms with Gasteiger partial charge in [-0.25, -0.2) is 28.3 Å². The number of anilines is 2. The number of carboxylic acid groups (broad SMARTS) is 2. The number of carboxylic acids is 2. The van der Waals surface area contributed by atoms with Gasteiger partial charge in [0.05, 0.1) is 69.6 Å². The highest BCUT2D eigenvalue weighted by molar-refractivity contribution is 6.31. The number of halogens is 7. The van der Waals surface area contributed by atoms with Crippen molar-refractivity contribution >= 4 is 58.6 Å². The van der Waals surface area contributed by atoms with Gasteiger partial charge in [0.2, 0.25) is 0 Å². The van der Waals surface area contributed by atoms with Gasteiger partial charge in [-0.2, -0.15) is 0 Å². The predicted octanol–water partition coefficient (Wildman–Crippen LogP) is 9.42. The Kier molecular flexibility index (Phi) is 13.8. The first-order valence-electron chi connectivity index (χ1n) is 22.5. The summed E-state index contributed by atoms with van der Waals surface area (Å²) in [7, 11) is 0. The molecule has 10 rings (SSSR count). The number of ether oxygens (including phenoxy) is 3. The lowest BCUT2D eigenvalue weighted by molar-refractivity contribution is -0.274. The Balaban J connectivity index is 0.000000180. The number of aromatic nitrogens is 2. The second-order valence-corrected chi connectivity index (χ2v) is 18.6. The van der Waals surface area contributed by atoms with Crippen molar-refractivity contribution in [1.29, 1.82) is 0 Å². The summed E-state index contributed by atoms with van der Waals surface area (Å²) in [5.41, 5.74) is 1.35. The van der Waals surface area contributed by atoms with E-state index in [4.69, 9.17) is 42.9 Å². The third kappa shape index (κ3) is 11.7. The van der Waals surface area contributed by atoms with Gasteiger partial charge in [0, 0.05) is 24.5 Å². The van der Waals surface area contributed by atoms with E-state index in [-0.39, 0.29) is 68.5 Å². The molecule has 2 amide bonds. The third-order valence-corrected chi connectivity index (χ3v) is 13.0. The number of aromatic carboxylic acids is 2. The summed E-state index contributed by atoms with van der Waals surface area (Å²) < 4.78 is 79.8. The number of benzene rings is 4. The molecule has 15 nitrogen and oxygen atoms in total. The average Bonchev–Trinajstić information content (AvgIpc) is 4.27. The molecule has 378 valence electrons. The van der Waals surface area contributed by atoms with Crippen LogP contribution in [-0.4, -0.2) is 88.7 Å². The fraction of sp³-hybridized carbons (Fsp3) is 0.255. The van der Waals surface area contributed by atoms with Gasteiger partial charge < -0.3 is 44.9 Å². The van der Waals surface area contributed by atoms with Crippen LogP contribution in [0.25, 0.3) is 0 Å². The Labute approximate surface area is 422 Å². The van der Waals surface area contributed by atoms with Crippen molar-refractivity contribution < 1.29 is 65.6 Å². The average molecular weight is 1050 g/mol. The summed E-state index contributed by atoms with van der Waals surface area (Å²) in [6, 6.07) is 24.3. The summed E-state index contributed by atoms with van der Waals surface area (Å²) in [6.07, 6.45) is 0.212. The van der Waals surface area contributed by atoms with Gasteiger partial charge in [-0.3, -0.25) is 9.59 Å². The Morgan fingerprint density at radius 2 is 1.07 bits per heavy atom. The van der Waals surface area contributed by atoms with Crippen LogP contribution < -0.4 is 34.6 Å². The molecule has 4 aliphatic rings. The van der Waals surface area contributed by atoms with E-state index in [1.807, 2.05) is 9.80 Å². The zero-order chi connectivity index (χ0) is 51.8. The first-order chi connectivity index (χ1) is 34.7. The maximum atomic E-state index is 13.9. The molecule has 2 aliphatic heterocycles. The zero-order valence-corrected chi connectivity index (χ0v) is 39.5. The van der Waals surface area contributed by atoms with Gasteiger partial charge >= 0.3 is 18.3 Å². The Morgan fingerprint density at radius 1 is 0.616 bits per heavy atom. The first-order valence-corrected chi connectivity index (χ1v) is 23.3. The highest BCUT2D eigenvalue weighted by Gasteiger charge is 2.48. The van der Waals surface area contributed by atoms with Crippen molar-refractivity contribution in [3.8, 4) is 17.2 Å². The minimum absolute atomic E-state index is 0.0392. The number of hydrogen-bond donors (Lipinski definition) is 4. The molecule has 6 aromatic rings. The van der Waals surface area contributed by atoms with Crippen LogP contribution in [0.5, 0.6) is 17.2 Å². The van der Waals surface area contributed by atoms with Crippen LogP contribution in [0.15, 0.2) is 116 Å². The fourth-order valence-corrected chi connectivity index (χ4v) is 8.73. The van der Waals surface area contributed by atoms with Gasteiger partial charge in [0.1, 0.15) is 41.2 Å². The molecule has 0 spiro atoms. The Morgan fingerprint density at radius 3 is 1.49 bits per heavy atom. The summed E-state index contributed by atoms with van der Waals surface area (Å²) in [4.78, 5) is 61.2. The van der Waals surface area contributed by atoms with Gasteiger partial charge in [-0.1, -0.05) is 53.5 Å². The van der Waals surface area contributed by atoms with Gasteiger partial charge in [-0.05, 0) is 97.5 Å². The first kappa shape index (κ1) is 50.2.